The smallest absolute Gasteiger partial charge is 0.253 e. The Kier molecular flexibility index (Phi) is 3.66. The Labute approximate surface area is 121 Å². The van der Waals surface area contributed by atoms with E-state index in [1.807, 2.05) is 11.0 Å². The zero-order valence-corrected chi connectivity index (χ0v) is 12.4. The van der Waals surface area contributed by atoms with Crippen LogP contribution in [0.15, 0.2) is 18.2 Å². The van der Waals surface area contributed by atoms with Crippen LogP contribution in [0.1, 0.15) is 22.3 Å². The lowest BCUT2D eigenvalue weighted by atomic mass is 9.99. The van der Waals surface area contributed by atoms with Crippen LogP contribution in [0, 0.1) is 0 Å². The summed E-state index contributed by atoms with van der Waals surface area (Å²) in [6.07, 6.45) is 2.26. The summed E-state index contributed by atoms with van der Waals surface area (Å²) in [7, 11) is 4.23. The van der Waals surface area contributed by atoms with Gasteiger partial charge in [-0.05, 0) is 43.7 Å². The fourth-order valence-corrected chi connectivity index (χ4v) is 3.11. The van der Waals surface area contributed by atoms with E-state index in [0.717, 1.165) is 44.7 Å². The van der Waals surface area contributed by atoms with E-state index >= 15 is 0 Å². The third-order valence-electron chi connectivity index (χ3n) is 4.47. The number of carbonyl (C=O) groups is 1. The lowest BCUT2D eigenvalue weighted by molar-refractivity contribution is 0.0664. The topological polar surface area (TPSA) is 26.8 Å². The Bertz CT molecular complexity index is 506. The molecule has 1 amide bonds. The van der Waals surface area contributed by atoms with Crippen molar-refractivity contribution in [2.45, 2.75) is 12.8 Å². The number of hydrogen-bond acceptors (Lipinski definition) is 3. The van der Waals surface area contributed by atoms with Crippen molar-refractivity contribution >= 4 is 11.6 Å². The number of benzene rings is 1. The molecule has 20 heavy (non-hydrogen) atoms. The molecule has 1 saturated heterocycles. The molecule has 0 aliphatic carbocycles. The number of anilines is 1. The largest absolute Gasteiger partial charge is 0.374 e. The maximum absolute atomic E-state index is 12.6. The molecule has 0 radical (unpaired) electrons. The first-order valence-corrected chi connectivity index (χ1v) is 7.47. The molecule has 0 saturated carbocycles. The number of aryl methyl sites for hydroxylation is 1. The lowest BCUT2D eigenvalue weighted by Crippen LogP contribution is -2.47. The highest BCUT2D eigenvalue weighted by Gasteiger charge is 2.22. The van der Waals surface area contributed by atoms with E-state index in [1.54, 1.807) is 0 Å². The maximum Gasteiger partial charge on any atom is 0.253 e. The van der Waals surface area contributed by atoms with Crippen molar-refractivity contribution in [1.82, 2.24) is 9.80 Å². The van der Waals surface area contributed by atoms with Crippen molar-refractivity contribution in [3.8, 4) is 0 Å². The van der Waals surface area contributed by atoms with Crippen molar-refractivity contribution in [3.05, 3.63) is 29.3 Å². The van der Waals surface area contributed by atoms with Gasteiger partial charge >= 0.3 is 0 Å². The molecule has 0 aromatic heterocycles. The predicted molar refractivity (Wildman–Crippen MR) is 81.4 cm³/mol. The number of hydrogen-bond donors (Lipinski definition) is 0. The standard InChI is InChI=1S/C16H23N3O/c1-17-8-10-19(11-9-17)16(20)14-5-6-15-13(12-14)4-3-7-18(15)2/h5-6,12H,3-4,7-11H2,1-2H3. The van der Waals surface area contributed by atoms with Crippen LogP contribution < -0.4 is 4.90 Å². The zero-order valence-electron chi connectivity index (χ0n) is 12.4. The Morgan fingerprint density at radius 2 is 1.80 bits per heavy atom. The van der Waals surface area contributed by atoms with E-state index in [9.17, 15) is 4.79 Å². The van der Waals surface area contributed by atoms with E-state index in [-0.39, 0.29) is 5.91 Å². The first-order valence-electron chi connectivity index (χ1n) is 7.47. The molecule has 4 nitrogen and oxygen atoms in total. The number of amides is 1. The Balaban J connectivity index is 1.78. The number of piperazine rings is 1. The van der Waals surface area contributed by atoms with Crippen molar-refractivity contribution in [1.29, 1.82) is 0 Å². The monoisotopic (exact) mass is 273 g/mol. The van der Waals surface area contributed by atoms with Crippen LogP contribution >= 0.6 is 0 Å². The minimum absolute atomic E-state index is 0.189. The van der Waals surface area contributed by atoms with E-state index in [0.29, 0.717) is 0 Å². The minimum atomic E-state index is 0.189. The SMILES string of the molecule is CN1CCN(C(=O)c2ccc3c(c2)CCCN3C)CC1. The summed E-state index contributed by atoms with van der Waals surface area (Å²) >= 11 is 0. The predicted octanol–water partition coefficient (Wildman–Crippen LogP) is 1.46. The molecule has 1 aromatic carbocycles. The van der Waals surface area contributed by atoms with Gasteiger partial charge in [-0.3, -0.25) is 4.79 Å². The van der Waals surface area contributed by atoms with Gasteiger partial charge in [0.25, 0.3) is 5.91 Å². The number of nitrogens with zero attached hydrogens (tertiary/aromatic N) is 3. The second kappa shape index (κ2) is 5.44. The molecule has 0 unspecified atom stereocenters. The molecule has 0 spiro atoms. The molecule has 0 N–H and O–H groups in total. The highest BCUT2D eigenvalue weighted by atomic mass is 16.2. The molecule has 2 aliphatic heterocycles. The van der Waals surface area contributed by atoms with Crippen molar-refractivity contribution in [3.63, 3.8) is 0 Å². The quantitative estimate of drug-likeness (QED) is 0.775. The Morgan fingerprint density at radius 1 is 1.05 bits per heavy atom. The molecule has 4 heteroatoms. The fourth-order valence-electron chi connectivity index (χ4n) is 3.11. The second-order valence-electron chi connectivity index (χ2n) is 5.96. The van der Waals surface area contributed by atoms with Crippen LogP contribution in [0.5, 0.6) is 0 Å². The molecule has 3 rings (SSSR count). The minimum Gasteiger partial charge on any atom is -0.374 e. The van der Waals surface area contributed by atoms with Crippen LogP contribution in [-0.2, 0) is 6.42 Å². The van der Waals surface area contributed by atoms with Crippen LogP contribution in [0.4, 0.5) is 5.69 Å². The highest BCUT2D eigenvalue weighted by molar-refractivity contribution is 5.95. The first-order chi connectivity index (χ1) is 9.65. The summed E-state index contributed by atoms with van der Waals surface area (Å²) in [5.41, 5.74) is 3.45. The van der Waals surface area contributed by atoms with E-state index in [4.69, 9.17) is 0 Å². The molecule has 2 heterocycles. The van der Waals surface area contributed by atoms with Gasteiger partial charge in [0.2, 0.25) is 0 Å². The van der Waals surface area contributed by atoms with Gasteiger partial charge in [-0.25, -0.2) is 0 Å². The Morgan fingerprint density at radius 3 is 2.55 bits per heavy atom. The van der Waals surface area contributed by atoms with Crippen LogP contribution in [0.3, 0.4) is 0 Å². The van der Waals surface area contributed by atoms with Gasteiger partial charge in [0, 0.05) is 51.0 Å². The third-order valence-corrected chi connectivity index (χ3v) is 4.47. The molecule has 108 valence electrons. The maximum atomic E-state index is 12.6. The molecule has 0 atom stereocenters. The van der Waals surface area contributed by atoms with Crippen molar-refractivity contribution in [2.75, 3.05) is 51.7 Å². The van der Waals surface area contributed by atoms with Crippen molar-refractivity contribution < 1.29 is 4.79 Å². The average Bonchev–Trinajstić information content (AvgIpc) is 2.47. The van der Waals surface area contributed by atoms with Gasteiger partial charge in [-0.15, -0.1) is 0 Å². The van der Waals surface area contributed by atoms with Gasteiger partial charge in [-0.2, -0.15) is 0 Å². The lowest BCUT2D eigenvalue weighted by Gasteiger charge is -2.33. The summed E-state index contributed by atoms with van der Waals surface area (Å²) in [6.45, 7) is 4.73. The summed E-state index contributed by atoms with van der Waals surface area (Å²) in [4.78, 5) is 19.1. The van der Waals surface area contributed by atoms with Gasteiger partial charge in [-0.1, -0.05) is 0 Å². The highest BCUT2D eigenvalue weighted by Crippen LogP contribution is 2.27. The van der Waals surface area contributed by atoms with Crippen LogP contribution in [0.2, 0.25) is 0 Å². The normalized spacial score (nSPS) is 19.9. The molecule has 1 aromatic rings. The third kappa shape index (κ3) is 2.52. The van der Waals surface area contributed by atoms with Crippen LogP contribution in [0.25, 0.3) is 0 Å². The molecule has 0 bridgehead atoms. The average molecular weight is 273 g/mol. The summed E-state index contributed by atoms with van der Waals surface area (Å²) in [5.74, 6) is 0.189. The molecule has 2 aliphatic rings. The number of rotatable bonds is 1. The van der Waals surface area contributed by atoms with Crippen molar-refractivity contribution in [2.24, 2.45) is 0 Å². The molecule has 1 fully saturated rings. The van der Waals surface area contributed by atoms with Crippen LogP contribution in [-0.4, -0.2) is 62.5 Å². The van der Waals surface area contributed by atoms with Gasteiger partial charge in [0.05, 0.1) is 0 Å². The molecular formula is C16H23N3O. The van der Waals surface area contributed by atoms with E-state index < -0.39 is 0 Å². The Hall–Kier alpha value is -1.55. The molecular weight excluding hydrogens is 250 g/mol. The van der Waals surface area contributed by atoms with Gasteiger partial charge in [0.1, 0.15) is 0 Å². The second-order valence-corrected chi connectivity index (χ2v) is 5.96. The number of fused-ring (bicyclic) bond motifs is 1. The summed E-state index contributed by atoms with van der Waals surface area (Å²) in [5, 5.41) is 0. The van der Waals surface area contributed by atoms with E-state index in [2.05, 4.69) is 36.0 Å². The fraction of sp³-hybridized carbons (Fsp3) is 0.562. The summed E-state index contributed by atoms with van der Waals surface area (Å²) < 4.78 is 0. The zero-order chi connectivity index (χ0) is 14.1. The summed E-state index contributed by atoms with van der Waals surface area (Å²) in [6, 6.07) is 6.20. The first kappa shape index (κ1) is 13.4. The van der Waals surface area contributed by atoms with E-state index in [1.165, 1.54) is 17.7 Å². The van der Waals surface area contributed by atoms with Gasteiger partial charge < -0.3 is 14.7 Å². The number of likely N-dealkylation sites (N-methyl/N-ethyl adjacent to an activating group) is 1. The number of carbonyl (C=O) groups excluding carboxylic acids is 1. The van der Waals surface area contributed by atoms with Gasteiger partial charge in [0.15, 0.2) is 0 Å².